The van der Waals surface area contributed by atoms with E-state index in [0.717, 1.165) is 0 Å². The van der Waals surface area contributed by atoms with Crippen molar-refractivity contribution in [2.75, 3.05) is 13.2 Å². The molecule has 6 nitrogen and oxygen atoms in total. The fourth-order valence-corrected chi connectivity index (χ4v) is 3.54. The van der Waals surface area contributed by atoms with Crippen LogP contribution >= 0.6 is 8.38 Å². The lowest BCUT2D eigenvalue weighted by molar-refractivity contribution is -0.176. The van der Waals surface area contributed by atoms with Crippen molar-refractivity contribution in [1.29, 1.82) is 5.26 Å². The smallest absolute Gasteiger partial charge is 0.333 e. The molecule has 0 aromatic heterocycles. The summed E-state index contributed by atoms with van der Waals surface area (Å²) in [5.74, 6) is 0.0293. The van der Waals surface area contributed by atoms with Crippen LogP contribution in [0, 0.1) is 11.1 Å². The molecule has 10 heteroatoms. The van der Waals surface area contributed by atoms with E-state index in [1.165, 1.54) is 0 Å². The van der Waals surface area contributed by atoms with Crippen LogP contribution in [-0.4, -0.2) is 48.4 Å². The number of nitrogens with one attached hydrogen (secondary N) is 1. The van der Waals surface area contributed by atoms with E-state index >= 15 is 0 Å². The Bertz CT molecular complexity index is 463. The number of hydrogen-bond acceptors (Lipinski definition) is 5. The maximum atomic E-state index is 12.7. The average molecular weight is 413 g/mol. The van der Waals surface area contributed by atoms with Gasteiger partial charge in [0, 0.05) is 12.1 Å². The summed E-state index contributed by atoms with van der Waals surface area (Å²) in [6.45, 7) is 10.1. The lowest BCUT2D eigenvalue weighted by atomic mass is 10.1. The van der Waals surface area contributed by atoms with Gasteiger partial charge in [-0.15, -0.1) is 0 Å². The van der Waals surface area contributed by atoms with Gasteiger partial charge in [0.2, 0.25) is 0 Å². The van der Waals surface area contributed by atoms with Crippen LogP contribution in [-0.2, 0) is 13.8 Å². The first kappa shape index (κ1) is 26.1. The van der Waals surface area contributed by atoms with Gasteiger partial charge in [0.1, 0.15) is 5.81 Å². The minimum atomic E-state index is -4.90. The van der Waals surface area contributed by atoms with Gasteiger partial charge in [0.25, 0.3) is 8.38 Å². The highest BCUT2D eigenvalue weighted by atomic mass is 31.2. The van der Waals surface area contributed by atoms with Crippen molar-refractivity contribution in [3.05, 3.63) is 0 Å². The summed E-state index contributed by atoms with van der Waals surface area (Å²) in [5, 5.41) is 11.0. The van der Waals surface area contributed by atoms with E-state index in [0.29, 0.717) is 38.9 Å². The summed E-state index contributed by atoms with van der Waals surface area (Å²) >= 11 is 0. The number of alkyl halides is 3. The maximum Gasteiger partial charge on any atom is 0.471 e. The Morgan fingerprint density at radius 3 is 2.19 bits per heavy atom. The SMILES string of the molecule is CCOP(C#N)OCCCCCC(NC(=O)C(F)(F)F)N(C(C)C)C(C)C. The molecule has 0 aliphatic carbocycles. The van der Waals surface area contributed by atoms with Gasteiger partial charge >= 0.3 is 12.1 Å². The largest absolute Gasteiger partial charge is 0.471 e. The predicted octanol–water partition coefficient (Wildman–Crippen LogP) is 4.52. The number of hydrogen-bond donors (Lipinski definition) is 1. The maximum absolute atomic E-state index is 12.7. The summed E-state index contributed by atoms with van der Waals surface area (Å²) in [4.78, 5) is 13.3. The van der Waals surface area contributed by atoms with Crippen LogP contribution in [0.25, 0.3) is 0 Å². The van der Waals surface area contributed by atoms with E-state index in [2.05, 4.69) is 5.32 Å². The van der Waals surface area contributed by atoms with E-state index < -0.39 is 26.6 Å². The number of carbonyl (C=O) groups is 1. The molecule has 0 bridgehead atoms. The average Bonchev–Trinajstić information content (AvgIpc) is 2.54. The van der Waals surface area contributed by atoms with Crippen molar-refractivity contribution in [3.63, 3.8) is 0 Å². The van der Waals surface area contributed by atoms with Crippen LogP contribution in [0.2, 0.25) is 0 Å². The van der Waals surface area contributed by atoms with Crippen molar-refractivity contribution < 1.29 is 27.0 Å². The van der Waals surface area contributed by atoms with Crippen LogP contribution < -0.4 is 5.32 Å². The Hall–Kier alpha value is -0.940. The molecule has 0 saturated heterocycles. The van der Waals surface area contributed by atoms with Crippen LogP contribution in [0.4, 0.5) is 13.2 Å². The molecule has 0 heterocycles. The minimum absolute atomic E-state index is 0.0164. The molecule has 158 valence electrons. The van der Waals surface area contributed by atoms with Gasteiger partial charge in [-0.1, -0.05) is 6.42 Å². The molecule has 2 atom stereocenters. The number of nitriles is 1. The Labute approximate surface area is 161 Å². The molecule has 0 spiro atoms. The normalized spacial score (nSPS) is 14.4. The zero-order valence-corrected chi connectivity index (χ0v) is 17.6. The Morgan fingerprint density at radius 2 is 1.74 bits per heavy atom. The third-order valence-electron chi connectivity index (χ3n) is 3.77. The lowest BCUT2D eigenvalue weighted by Gasteiger charge is -2.38. The van der Waals surface area contributed by atoms with Gasteiger partial charge in [-0.3, -0.25) is 9.69 Å². The quantitative estimate of drug-likeness (QED) is 0.273. The molecule has 0 aromatic rings. The van der Waals surface area contributed by atoms with Gasteiger partial charge in [0.05, 0.1) is 19.4 Å². The molecule has 0 fully saturated rings. The molecule has 1 N–H and O–H groups in total. The van der Waals surface area contributed by atoms with E-state index in [9.17, 15) is 18.0 Å². The van der Waals surface area contributed by atoms with Gasteiger partial charge in [-0.05, 0) is 53.9 Å². The first-order chi connectivity index (χ1) is 12.5. The van der Waals surface area contributed by atoms with Crippen molar-refractivity contribution in [3.8, 4) is 5.81 Å². The molecule has 0 radical (unpaired) electrons. The Kier molecular flexibility index (Phi) is 12.8. The van der Waals surface area contributed by atoms with Crippen LogP contribution in [0.5, 0.6) is 0 Å². The molecule has 0 saturated carbocycles. The van der Waals surface area contributed by atoms with Crippen LogP contribution in [0.3, 0.4) is 0 Å². The highest BCUT2D eigenvalue weighted by Gasteiger charge is 2.40. The number of amides is 1. The van der Waals surface area contributed by atoms with Crippen molar-refractivity contribution in [2.45, 2.75) is 84.7 Å². The second-order valence-corrected chi connectivity index (χ2v) is 7.81. The van der Waals surface area contributed by atoms with Crippen molar-refractivity contribution in [2.24, 2.45) is 0 Å². The monoisotopic (exact) mass is 413 g/mol. The van der Waals surface area contributed by atoms with Gasteiger partial charge < -0.3 is 14.4 Å². The second kappa shape index (κ2) is 13.3. The Morgan fingerprint density at radius 1 is 1.15 bits per heavy atom. The van der Waals surface area contributed by atoms with Crippen LogP contribution in [0.1, 0.15) is 60.3 Å². The fraction of sp³-hybridized carbons (Fsp3) is 0.882. The molecular formula is C17H31F3N3O3P. The summed E-state index contributed by atoms with van der Waals surface area (Å²) < 4.78 is 48.4. The number of carbonyl (C=O) groups excluding carboxylic acids is 1. The van der Waals surface area contributed by atoms with E-state index in [1.807, 2.05) is 38.4 Å². The summed E-state index contributed by atoms with van der Waals surface area (Å²) in [6, 6.07) is -0.0329. The first-order valence-electron chi connectivity index (χ1n) is 9.15. The minimum Gasteiger partial charge on any atom is -0.333 e. The van der Waals surface area contributed by atoms with Crippen molar-refractivity contribution in [1.82, 2.24) is 10.2 Å². The first-order valence-corrected chi connectivity index (χ1v) is 10.3. The molecule has 0 rings (SSSR count). The van der Waals surface area contributed by atoms with Gasteiger partial charge in [-0.25, -0.2) is 0 Å². The molecule has 27 heavy (non-hydrogen) atoms. The lowest BCUT2D eigenvalue weighted by Crippen LogP contribution is -2.56. The van der Waals surface area contributed by atoms with Crippen molar-refractivity contribution >= 4 is 14.3 Å². The number of nitrogens with zero attached hydrogens (tertiary/aromatic N) is 2. The van der Waals surface area contributed by atoms with Gasteiger partial charge in [0.15, 0.2) is 0 Å². The zero-order valence-electron chi connectivity index (χ0n) is 16.7. The van der Waals surface area contributed by atoms with E-state index in [1.54, 1.807) is 6.92 Å². The number of unbranched alkanes of at least 4 members (excludes halogenated alkanes) is 2. The predicted molar refractivity (Wildman–Crippen MR) is 98.7 cm³/mol. The van der Waals surface area contributed by atoms with Gasteiger partial charge in [-0.2, -0.15) is 18.4 Å². The standard InChI is InChI=1S/C17H31F3N3O3P/c1-6-25-27(12-21)26-11-9-7-8-10-15(22-16(24)17(18,19)20)23(13(2)3)14(4)5/h13-15H,6-11H2,1-5H3,(H,22,24). The zero-order chi connectivity index (χ0) is 21.0. The molecule has 0 aliphatic rings. The Balaban J connectivity index is 4.60. The highest BCUT2D eigenvalue weighted by Crippen LogP contribution is 2.36. The van der Waals surface area contributed by atoms with Crippen LogP contribution in [0.15, 0.2) is 0 Å². The topological polar surface area (TPSA) is 74.6 Å². The molecule has 1 amide bonds. The third kappa shape index (κ3) is 10.8. The van der Waals surface area contributed by atoms with E-state index in [-0.39, 0.29) is 12.1 Å². The fourth-order valence-electron chi connectivity index (χ4n) is 2.82. The second-order valence-electron chi connectivity index (χ2n) is 6.58. The molecular weight excluding hydrogens is 382 g/mol. The summed E-state index contributed by atoms with van der Waals surface area (Å²) in [6.07, 6.45) is -3.20. The molecule has 0 aromatic carbocycles. The summed E-state index contributed by atoms with van der Waals surface area (Å²) in [5.41, 5.74) is 0. The third-order valence-corrected chi connectivity index (χ3v) is 4.84. The highest BCUT2D eigenvalue weighted by molar-refractivity contribution is 7.52. The van der Waals surface area contributed by atoms with E-state index in [4.69, 9.17) is 14.3 Å². The number of halogens is 3. The molecule has 2 unspecified atom stereocenters. The summed E-state index contributed by atoms with van der Waals surface area (Å²) in [7, 11) is -1.53. The number of rotatable bonds is 13. The molecule has 0 aliphatic heterocycles.